The number of nitrogens with zero attached hydrogens (tertiary/aromatic N) is 1. The number of hydrogen-bond acceptors (Lipinski definition) is 6. The van der Waals surface area contributed by atoms with E-state index in [0.29, 0.717) is 42.6 Å². The van der Waals surface area contributed by atoms with Crippen molar-refractivity contribution in [2.45, 2.75) is 108 Å². The number of phenolic OH excluding ortho intramolecular Hbond substituents is 1. The van der Waals surface area contributed by atoms with Crippen LogP contribution in [0.1, 0.15) is 107 Å². The van der Waals surface area contributed by atoms with Gasteiger partial charge in [-0.1, -0.05) is 81.3 Å². The number of carbonyl (C=O) groups excluding carboxylic acids is 1. The fourth-order valence-electron chi connectivity index (χ4n) is 8.58. The summed E-state index contributed by atoms with van der Waals surface area (Å²) < 4.78 is 7.95. The molecule has 1 amide bonds. The quantitative estimate of drug-likeness (QED) is 0.0463. The summed E-state index contributed by atoms with van der Waals surface area (Å²) >= 11 is 0. The minimum Gasteiger partial charge on any atom is -0.506 e. The van der Waals surface area contributed by atoms with Crippen LogP contribution in [0.25, 0.3) is 0 Å². The summed E-state index contributed by atoms with van der Waals surface area (Å²) in [5, 5.41) is 38.0. The number of nitrogens with one attached hydrogen (secondary N) is 2. The predicted octanol–water partition coefficient (Wildman–Crippen LogP) is 6.41. The highest BCUT2D eigenvalue weighted by Gasteiger charge is 2.48. The van der Waals surface area contributed by atoms with Gasteiger partial charge in [-0.05, 0) is 67.8 Å². The predicted molar refractivity (Wildman–Crippen MR) is 187 cm³/mol. The summed E-state index contributed by atoms with van der Waals surface area (Å²) in [6, 6.07) is 15.1. The number of benzene rings is 2. The van der Waals surface area contributed by atoms with Crippen LogP contribution in [0, 0.1) is 11.8 Å². The molecular weight excluding hydrogens is 590 g/mol. The first-order chi connectivity index (χ1) is 22.9. The van der Waals surface area contributed by atoms with Gasteiger partial charge in [0.05, 0.1) is 38.0 Å². The molecule has 0 aromatic heterocycles. The number of fused-ring (bicyclic) bond motifs is 3. The molecule has 3 atom stereocenters. The van der Waals surface area contributed by atoms with E-state index in [-0.39, 0.29) is 11.9 Å². The van der Waals surface area contributed by atoms with Gasteiger partial charge in [-0.2, -0.15) is 0 Å². The second kappa shape index (κ2) is 17.8. The molecule has 260 valence electrons. The number of rotatable bonds is 21. The standard InChI is InChI=1S/C39H59N3O5/c43-30-41-35-26-32(18-19-36(35)44)37(45)27-40-22-12-5-3-1-2-4-6-13-23-42-24-20-31(21-25-42)38(28-42)47-29-39(46,34-16-10-11-17-34)33-14-8-7-9-15-33/h7-9,14-15,18-19,26,30-31,34,37-38,40,45-46H,1-6,10-13,16-17,20-25,27-29H2,(H-,41,43,44)/p+1/t31?,37-,38-,39+,42?/m0/s1. The normalized spacial score (nSPS) is 24.6. The molecule has 2 aromatic rings. The van der Waals surface area contributed by atoms with Crippen molar-refractivity contribution in [1.29, 1.82) is 0 Å². The molecule has 3 aliphatic heterocycles. The summed E-state index contributed by atoms with van der Waals surface area (Å²) in [6.45, 7) is 6.74. The van der Waals surface area contributed by atoms with Gasteiger partial charge < -0.3 is 35.2 Å². The highest BCUT2D eigenvalue weighted by Crippen LogP contribution is 2.43. The van der Waals surface area contributed by atoms with Crippen molar-refractivity contribution in [1.82, 2.24) is 5.32 Å². The van der Waals surface area contributed by atoms with Crippen molar-refractivity contribution < 1.29 is 29.3 Å². The van der Waals surface area contributed by atoms with Gasteiger partial charge in [0.25, 0.3) is 0 Å². The molecule has 3 heterocycles. The number of phenols is 1. The fraction of sp³-hybridized carbons (Fsp3) is 0.667. The van der Waals surface area contributed by atoms with Crippen LogP contribution in [0.3, 0.4) is 0 Å². The molecule has 1 aliphatic carbocycles. The highest BCUT2D eigenvalue weighted by molar-refractivity contribution is 5.75. The molecular formula is C39H60N3O5+. The number of unbranched alkanes of at least 4 members (excludes halogenated alkanes) is 7. The molecule has 2 bridgehead atoms. The summed E-state index contributed by atoms with van der Waals surface area (Å²) in [4.78, 5) is 10.7. The molecule has 6 rings (SSSR count). The highest BCUT2D eigenvalue weighted by atomic mass is 16.5. The maximum atomic E-state index is 12.0. The van der Waals surface area contributed by atoms with E-state index in [0.717, 1.165) is 37.9 Å². The number of carbonyl (C=O) groups is 1. The van der Waals surface area contributed by atoms with Gasteiger partial charge >= 0.3 is 0 Å². The Morgan fingerprint density at radius 3 is 2.30 bits per heavy atom. The van der Waals surface area contributed by atoms with Gasteiger partial charge in [0.15, 0.2) is 0 Å². The number of amides is 1. The van der Waals surface area contributed by atoms with E-state index >= 15 is 0 Å². The van der Waals surface area contributed by atoms with E-state index in [2.05, 4.69) is 22.8 Å². The maximum absolute atomic E-state index is 12.0. The molecule has 1 saturated carbocycles. The zero-order valence-corrected chi connectivity index (χ0v) is 28.5. The van der Waals surface area contributed by atoms with Crippen LogP contribution in [0.15, 0.2) is 48.5 Å². The van der Waals surface area contributed by atoms with Crippen LogP contribution >= 0.6 is 0 Å². The van der Waals surface area contributed by atoms with Crippen molar-refractivity contribution in [3.05, 3.63) is 59.7 Å². The number of anilines is 1. The molecule has 2 aromatic carbocycles. The topological polar surface area (TPSA) is 111 Å². The van der Waals surface area contributed by atoms with Crippen molar-refractivity contribution in [2.75, 3.05) is 51.2 Å². The van der Waals surface area contributed by atoms with E-state index in [9.17, 15) is 20.1 Å². The number of piperidine rings is 3. The summed E-state index contributed by atoms with van der Waals surface area (Å²) in [6.07, 6.45) is 17.3. The molecule has 5 N–H and O–H groups in total. The van der Waals surface area contributed by atoms with Crippen LogP contribution in [0.4, 0.5) is 5.69 Å². The number of ether oxygens (including phenoxy) is 1. The van der Waals surface area contributed by atoms with Crippen molar-refractivity contribution in [3.8, 4) is 5.75 Å². The minimum absolute atomic E-state index is 0.0147. The van der Waals surface area contributed by atoms with Gasteiger partial charge in [-0.25, -0.2) is 0 Å². The lowest BCUT2D eigenvalue weighted by molar-refractivity contribution is -0.946. The first kappa shape index (κ1) is 35.8. The largest absolute Gasteiger partial charge is 0.506 e. The third-order valence-corrected chi connectivity index (χ3v) is 11.6. The van der Waals surface area contributed by atoms with Gasteiger partial charge in [-0.3, -0.25) is 4.79 Å². The number of aliphatic hydroxyl groups is 2. The van der Waals surface area contributed by atoms with E-state index in [1.165, 1.54) is 101 Å². The number of aromatic hydroxyl groups is 1. The van der Waals surface area contributed by atoms with Crippen molar-refractivity contribution >= 4 is 12.1 Å². The van der Waals surface area contributed by atoms with Gasteiger partial charge in [0, 0.05) is 25.3 Å². The molecule has 0 radical (unpaired) electrons. The lowest BCUT2D eigenvalue weighted by atomic mass is 9.80. The van der Waals surface area contributed by atoms with Crippen LogP contribution in [0.2, 0.25) is 0 Å². The van der Waals surface area contributed by atoms with E-state index < -0.39 is 11.7 Å². The van der Waals surface area contributed by atoms with Gasteiger partial charge in [0.2, 0.25) is 6.41 Å². The molecule has 8 nitrogen and oxygen atoms in total. The van der Waals surface area contributed by atoms with Crippen LogP contribution in [0.5, 0.6) is 5.75 Å². The average molecular weight is 651 g/mol. The Kier molecular flexibility index (Phi) is 13.5. The second-order valence-corrected chi connectivity index (χ2v) is 14.7. The van der Waals surface area contributed by atoms with E-state index in [4.69, 9.17) is 4.74 Å². The molecule has 0 unspecified atom stereocenters. The Balaban J connectivity index is 0.925. The summed E-state index contributed by atoms with van der Waals surface area (Å²) in [5.74, 6) is 0.933. The first-order valence-corrected chi connectivity index (χ1v) is 18.6. The lowest BCUT2D eigenvalue weighted by Gasteiger charge is -2.53. The minimum atomic E-state index is -0.871. The SMILES string of the molecule is O=CNc1cc([C@@H](O)CNCCCCCCCCCC[N+]23CCC(CC2)[C@@H](OC[C@@](O)(c2ccccc2)C2CCCC2)C3)ccc1O. The third-order valence-electron chi connectivity index (χ3n) is 11.6. The number of quaternary nitrogens is 1. The smallest absolute Gasteiger partial charge is 0.211 e. The first-order valence-electron chi connectivity index (χ1n) is 18.6. The zero-order valence-electron chi connectivity index (χ0n) is 28.5. The monoisotopic (exact) mass is 650 g/mol. The molecule has 0 spiro atoms. The third kappa shape index (κ3) is 9.79. The summed E-state index contributed by atoms with van der Waals surface area (Å²) in [7, 11) is 0. The van der Waals surface area contributed by atoms with Crippen LogP contribution in [-0.4, -0.2) is 78.2 Å². The van der Waals surface area contributed by atoms with Gasteiger partial charge in [-0.15, -0.1) is 0 Å². The van der Waals surface area contributed by atoms with E-state index in [1.54, 1.807) is 12.1 Å². The number of hydrogen-bond donors (Lipinski definition) is 5. The van der Waals surface area contributed by atoms with Crippen LogP contribution in [-0.2, 0) is 15.1 Å². The Labute approximate surface area is 282 Å². The van der Waals surface area contributed by atoms with Crippen LogP contribution < -0.4 is 10.6 Å². The zero-order chi connectivity index (χ0) is 33.0. The molecule has 3 saturated heterocycles. The second-order valence-electron chi connectivity index (χ2n) is 14.7. The molecule has 47 heavy (non-hydrogen) atoms. The lowest BCUT2D eigenvalue weighted by Crippen LogP contribution is -2.64. The Hall–Kier alpha value is -2.49. The molecule has 8 heteroatoms. The summed E-state index contributed by atoms with van der Waals surface area (Å²) in [5.41, 5.74) is 1.12. The average Bonchev–Trinajstić information content (AvgIpc) is 3.66. The van der Waals surface area contributed by atoms with Gasteiger partial charge in [0.1, 0.15) is 24.0 Å². The van der Waals surface area contributed by atoms with Crippen molar-refractivity contribution in [2.24, 2.45) is 11.8 Å². The molecule has 4 fully saturated rings. The Morgan fingerprint density at radius 2 is 1.60 bits per heavy atom. The fourth-order valence-corrected chi connectivity index (χ4v) is 8.58. The number of aliphatic hydroxyl groups excluding tert-OH is 1. The maximum Gasteiger partial charge on any atom is 0.211 e. The Bertz CT molecular complexity index is 1210. The van der Waals surface area contributed by atoms with Crippen molar-refractivity contribution in [3.63, 3.8) is 0 Å². The Morgan fingerprint density at radius 1 is 0.915 bits per heavy atom. The molecule has 4 aliphatic rings. The van der Waals surface area contributed by atoms with E-state index in [1.807, 2.05) is 18.2 Å².